The summed E-state index contributed by atoms with van der Waals surface area (Å²) in [5.41, 5.74) is -1.41. The van der Waals surface area contributed by atoms with Crippen molar-refractivity contribution in [2.24, 2.45) is 5.92 Å². The van der Waals surface area contributed by atoms with Gasteiger partial charge in [-0.3, -0.25) is 0 Å². The van der Waals surface area contributed by atoms with Crippen molar-refractivity contribution in [2.45, 2.75) is 84.7 Å². The molecule has 0 aromatic rings. The van der Waals surface area contributed by atoms with Crippen molar-refractivity contribution in [2.75, 3.05) is 6.61 Å². The highest BCUT2D eigenvalue weighted by molar-refractivity contribution is 6.74. The molecule has 3 nitrogen and oxygen atoms in total. The van der Waals surface area contributed by atoms with E-state index in [1.807, 2.05) is 34.6 Å². The van der Waals surface area contributed by atoms with Crippen LogP contribution in [0.4, 0.5) is 4.39 Å². The van der Waals surface area contributed by atoms with Gasteiger partial charge in [0.15, 0.2) is 8.32 Å². The SMILES string of the molecule is CC(C=C(F)B1OC(C)(C)C(C)(C)O1)CO[Si](C)(C)C(C)(C)C. The standard InChI is InChI=1S/C17H34BFO3Si/c1-13(12-20-23(9,10)15(2,3)4)11-14(19)18-21-16(5,6)17(7,8)22-18/h11,13H,12H2,1-10H3. The Bertz CT molecular complexity index is 439. The van der Waals surface area contributed by atoms with Crippen LogP contribution in [0.5, 0.6) is 0 Å². The summed E-state index contributed by atoms with van der Waals surface area (Å²) in [6, 6.07) is 0. The molecule has 1 rings (SSSR count). The summed E-state index contributed by atoms with van der Waals surface area (Å²) in [5.74, 6) is -0.0249. The maximum atomic E-state index is 14.5. The fourth-order valence-electron chi connectivity index (χ4n) is 1.91. The van der Waals surface area contributed by atoms with Gasteiger partial charge < -0.3 is 13.7 Å². The van der Waals surface area contributed by atoms with Crippen molar-refractivity contribution in [3.63, 3.8) is 0 Å². The fourth-order valence-corrected chi connectivity index (χ4v) is 3.02. The Morgan fingerprint density at radius 2 is 1.61 bits per heavy atom. The molecule has 1 unspecified atom stereocenters. The van der Waals surface area contributed by atoms with E-state index in [4.69, 9.17) is 13.7 Å². The summed E-state index contributed by atoms with van der Waals surface area (Å²) in [6.45, 7) is 21.2. The lowest BCUT2D eigenvalue weighted by Crippen LogP contribution is -2.41. The van der Waals surface area contributed by atoms with Crippen LogP contribution >= 0.6 is 0 Å². The maximum Gasteiger partial charge on any atom is 0.524 e. The third-order valence-corrected chi connectivity index (χ3v) is 9.94. The lowest BCUT2D eigenvalue weighted by Gasteiger charge is -2.36. The molecule has 6 heteroatoms. The monoisotopic (exact) mass is 344 g/mol. The number of hydrogen-bond acceptors (Lipinski definition) is 3. The van der Waals surface area contributed by atoms with E-state index in [0.717, 1.165) is 0 Å². The highest BCUT2D eigenvalue weighted by Gasteiger charge is 2.53. The molecule has 0 aromatic heterocycles. The number of rotatable bonds is 5. The molecule has 1 aliphatic heterocycles. The maximum absolute atomic E-state index is 14.5. The molecule has 1 aliphatic rings. The molecule has 134 valence electrons. The topological polar surface area (TPSA) is 27.7 Å². The van der Waals surface area contributed by atoms with E-state index in [1.165, 1.54) is 0 Å². The fraction of sp³-hybridized carbons (Fsp3) is 0.882. The van der Waals surface area contributed by atoms with Crippen LogP contribution in [0.15, 0.2) is 11.8 Å². The summed E-state index contributed by atoms with van der Waals surface area (Å²) >= 11 is 0. The smallest absolute Gasteiger partial charge is 0.416 e. The van der Waals surface area contributed by atoms with Crippen LogP contribution in [0.2, 0.25) is 18.1 Å². The van der Waals surface area contributed by atoms with Crippen LogP contribution in [-0.2, 0) is 13.7 Å². The minimum atomic E-state index is -1.81. The Morgan fingerprint density at radius 3 is 2.00 bits per heavy atom. The van der Waals surface area contributed by atoms with Gasteiger partial charge in [-0.2, -0.15) is 0 Å². The molecule has 0 spiro atoms. The zero-order chi connectivity index (χ0) is 18.3. The Hall–Kier alpha value is -0.168. The van der Waals surface area contributed by atoms with Crippen LogP contribution in [0.3, 0.4) is 0 Å². The summed E-state index contributed by atoms with van der Waals surface area (Å²) < 4.78 is 32.1. The minimum Gasteiger partial charge on any atom is -0.416 e. The molecule has 0 bridgehead atoms. The minimum absolute atomic E-state index is 0.0249. The van der Waals surface area contributed by atoms with E-state index in [1.54, 1.807) is 6.08 Å². The molecule has 0 saturated carbocycles. The van der Waals surface area contributed by atoms with Gasteiger partial charge in [-0.05, 0) is 51.7 Å². The average molecular weight is 344 g/mol. The van der Waals surface area contributed by atoms with Crippen molar-refractivity contribution in [1.82, 2.24) is 0 Å². The van der Waals surface area contributed by atoms with Crippen LogP contribution in [0.1, 0.15) is 55.4 Å². The van der Waals surface area contributed by atoms with Gasteiger partial charge in [0, 0.05) is 6.61 Å². The third kappa shape index (κ3) is 4.91. The summed E-state index contributed by atoms with van der Waals surface area (Å²) in [5, 5.41) is 0.153. The average Bonchev–Trinajstić information content (AvgIpc) is 2.55. The van der Waals surface area contributed by atoms with Gasteiger partial charge in [0.2, 0.25) is 0 Å². The second kappa shape index (κ2) is 6.62. The molecule has 1 atom stereocenters. The summed E-state index contributed by atoms with van der Waals surface area (Å²) in [6.07, 6.45) is 1.56. The van der Waals surface area contributed by atoms with Crippen molar-refractivity contribution in [3.8, 4) is 0 Å². The van der Waals surface area contributed by atoms with Crippen molar-refractivity contribution in [1.29, 1.82) is 0 Å². The Morgan fingerprint density at radius 1 is 1.17 bits per heavy atom. The molecule has 1 fully saturated rings. The Kier molecular flexibility index (Phi) is 6.01. The largest absolute Gasteiger partial charge is 0.524 e. The van der Waals surface area contributed by atoms with E-state index < -0.39 is 26.6 Å². The van der Waals surface area contributed by atoms with Crippen molar-refractivity contribution < 1.29 is 18.1 Å². The second-order valence-corrected chi connectivity index (χ2v) is 14.0. The first kappa shape index (κ1) is 20.9. The summed E-state index contributed by atoms with van der Waals surface area (Å²) in [4.78, 5) is 0. The van der Waals surface area contributed by atoms with E-state index in [9.17, 15) is 4.39 Å². The zero-order valence-electron chi connectivity index (χ0n) is 16.5. The zero-order valence-corrected chi connectivity index (χ0v) is 17.5. The van der Waals surface area contributed by atoms with Gasteiger partial charge in [-0.25, -0.2) is 4.39 Å². The second-order valence-electron chi connectivity index (χ2n) is 9.19. The number of hydrogen-bond donors (Lipinski definition) is 0. The molecule has 0 N–H and O–H groups in total. The van der Waals surface area contributed by atoms with E-state index in [2.05, 4.69) is 33.9 Å². The van der Waals surface area contributed by atoms with Gasteiger partial charge in [0.05, 0.1) is 11.2 Å². The van der Waals surface area contributed by atoms with Gasteiger partial charge in [0.1, 0.15) is 5.73 Å². The molecule has 0 aliphatic carbocycles. The first-order chi connectivity index (χ1) is 10.1. The van der Waals surface area contributed by atoms with Gasteiger partial charge in [-0.1, -0.05) is 33.8 Å². The van der Waals surface area contributed by atoms with E-state index in [0.29, 0.717) is 6.61 Å². The summed E-state index contributed by atoms with van der Waals surface area (Å²) in [7, 11) is -2.73. The molecule has 23 heavy (non-hydrogen) atoms. The molecule has 0 amide bonds. The van der Waals surface area contributed by atoms with E-state index in [-0.39, 0.29) is 16.7 Å². The lowest BCUT2D eigenvalue weighted by molar-refractivity contribution is 0.00578. The number of halogens is 1. The third-order valence-electron chi connectivity index (χ3n) is 5.44. The van der Waals surface area contributed by atoms with Crippen LogP contribution in [0.25, 0.3) is 0 Å². The van der Waals surface area contributed by atoms with Crippen LogP contribution in [0, 0.1) is 5.92 Å². The molecule has 0 aromatic carbocycles. The molecule has 1 heterocycles. The highest BCUT2D eigenvalue weighted by Crippen LogP contribution is 2.39. The lowest BCUT2D eigenvalue weighted by atomic mass is 9.86. The van der Waals surface area contributed by atoms with Crippen molar-refractivity contribution in [3.05, 3.63) is 11.8 Å². The Balaban J connectivity index is 2.66. The van der Waals surface area contributed by atoms with Gasteiger partial charge in [0.25, 0.3) is 0 Å². The molecular weight excluding hydrogens is 310 g/mol. The van der Waals surface area contributed by atoms with Crippen LogP contribution < -0.4 is 0 Å². The van der Waals surface area contributed by atoms with Crippen LogP contribution in [-0.4, -0.2) is 33.2 Å². The normalized spacial score (nSPS) is 23.3. The van der Waals surface area contributed by atoms with Crippen molar-refractivity contribution >= 4 is 15.4 Å². The van der Waals surface area contributed by atoms with E-state index >= 15 is 0 Å². The predicted molar refractivity (Wildman–Crippen MR) is 97.6 cm³/mol. The first-order valence-electron chi connectivity index (χ1n) is 8.46. The van der Waals surface area contributed by atoms with Gasteiger partial charge in [-0.15, -0.1) is 0 Å². The quantitative estimate of drug-likeness (QED) is 0.647. The Labute approximate surface area is 143 Å². The highest BCUT2D eigenvalue weighted by atomic mass is 28.4. The predicted octanol–water partition coefficient (Wildman–Crippen LogP) is 5.13. The molecule has 1 saturated heterocycles. The first-order valence-corrected chi connectivity index (χ1v) is 11.4. The van der Waals surface area contributed by atoms with Gasteiger partial charge >= 0.3 is 7.12 Å². The molecular formula is C17H34BFO3Si. The molecule has 0 radical (unpaired) electrons.